The van der Waals surface area contributed by atoms with E-state index in [-0.39, 0.29) is 16.2 Å². The highest BCUT2D eigenvalue weighted by molar-refractivity contribution is 7.12. The standard InChI is InChI=1S/C16H13F3N2O3S/c1-9-4-2-5-10(14(9)23)15(24)21-20-13(16(17,18)19)8-11(22)12-6-3-7-25-12/h2-7,23H,8H2,1H3,(H,21,24)/b20-13-. The van der Waals surface area contributed by atoms with Gasteiger partial charge in [0, 0.05) is 0 Å². The van der Waals surface area contributed by atoms with Crippen LogP contribution in [-0.4, -0.2) is 28.7 Å². The van der Waals surface area contributed by atoms with Gasteiger partial charge >= 0.3 is 6.18 Å². The van der Waals surface area contributed by atoms with Crippen LogP contribution >= 0.6 is 11.3 Å². The predicted molar refractivity (Wildman–Crippen MR) is 87.1 cm³/mol. The molecular weight excluding hydrogens is 357 g/mol. The lowest BCUT2D eigenvalue weighted by atomic mass is 10.1. The van der Waals surface area contributed by atoms with E-state index >= 15 is 0 Å². The first-order valence-electron chi connectivity index (χ1n) is 6.99. The third-order valence-corrected chi connectivity index (χ3v) is 4.14. The lowest BCUT2D eigenvalue weighted by molar-refractivity contribution is -0.0605. The van der Waals surface area contributed by atoms with Gasteiger partial charge in [0.25, 0.3) is 5.91 Å². The van der Waals surface area contributed by atoms with Crippen molar-refractivity contribution in [2.24, 2.45) is 5.10 Å². The van der Waals surface area contributed by atoms with E-state index < -0.39 is 30.0 Å². The molecule has 0 spiro atoms. The van der Waals surface area contributed by atoms with Gasteiger partial charge in [-0.15, -0.1) is 11.3 Å². The molecule has 25 heavy (non-hydrogen) atoms. The largest absolute Gasteiger partial charge is 0.507 e. The number of para-hydroxylation sites is 1. The van der Waals surface area contributed by atoms with Crippen LogP contribution in [0, 0.1) is 6.92 Å². The second-order valence-electron chi connectivity index (χ2n) is 5.05. The molecule has 132 valence electrons. The highest BCUT2D eigenvalue weighted by atomic mass is 32.1. The average molecular weight is 370 g/mol. The number of hydrogen-bond donors (Lipinski definition) is 2. The number of aryl methyl sites for hydroxylation is 1. The van der Waals surface area contributed by atoms with E-state index in [4.69, 9.17) is 0 Å². The first-order valence-corrected chi connectivity index (χ1v) is 7.87. The zero-order valence-corrected chi connectivity index (χ0v) is 13.7. The van der Waals surface area contributed by atoms with Crippen molar-refractivity contribution in [3.05, 3.63) is 51.7 Å². The van der Waals surface area contributed by atoms with Crippen molar-refractivity contribution in [3.63, 3.8) is 0 Å². The number of nitrogens with zero attached hydrogens (tertiary/aromatic N) is 1. The monoisotopic (exact) mass is 370 g/mol. The number of thiophene rings is 1. The number of halogens is 3. The number of phenolic OH excluding ortho intramolecular Hbond substituents is 1. The molecule has 0 bridgehead atoms. The Labute approximate surface area is 144 Å². The second kappa shape index (κ2) is 7.47. The number of benzene rings is 1. The molecule has 0 unspecified atom stereocenters. The molecule has 0 aliphatic carbocycles. The zero-order chi connectivity index (χ0) is 18.6. The number of amides is 1. The van der Waals surface area contributed by atoms with Crippen molar-refractivity contribution in [2.75, 3.05) is 0 Å². The van der Waals surface area contributed by atoms with E-state index in [2.05, 4.69) is 5.10 Å². The summed E-state index contributed by atoms with van der Waals surface area (Å²) in [7, 11) is 0. The predicted octanol–water partition coefficient (Wildman–Crippen LogP) is 3.68. The molecule has 0 radical (unpaired) electrons. The van der Waals surface area contributed by atoms with Crippen LogP contribution in [0.1, 0.15) is 32.0 Å². The molecule has 1 aromatic carbocycles. The number of Topliss-reactive ketones (excluding diaryl/α,β-unsaturated/α-hetero) is 1. The number of hydrogen-bond acceptors (Lipinski definition) is 5. The van der Waals surface area contributed by atoms with E-state index in [1.54, 1.807) is 16.9 Å². The molecule has 0 saturated carbocycles. The van der Waals surface area contributed by atoms with Crippen molar-refractivity contribution in [1.82, 2.24) is 5.43 Å². The maximum absolute atomic E-state index is 13.0. The van der Waals surface area contributed by atoms with Crippen molar-refractivity contribution in [3.8, 4) is 5.75 Å². The highest BCUT2D eigenvalue weighted by Crippen LogP contribution is 2.23. The first kappa shape index (κ1) is 18.7. The first-order chi connectivity index (χ1) is 11.7. The summed E-state index contributed by atoms with van der Waals surface area (Å²) in [5, 5.41) is 14.4. The van der Waals surface area contributed by atoms with Crippen LogP contribution in [0.25, 0.3) is 0 Å². The molecule has 0 fully saturated rings. The van der Waals surface area contributed by atoms with Crippen LogP contribution in [0.2, 0.25) is 0 Å². The second-order valence-corrected chi connectivity index (χ2v) is 5.99. The van der Waals surface area contributed by atoms with Crippen LogP contribution in [0.4, 0.5) is 13.2 Å². The summed E-state index contributed by atoms with van der Waals surface area (Å²) in [4.78, 5) is 24.0. The normalized spacial score (nSPS) is 12.1. The Morgan fingerprint density at radius 3 is 2.56 bits per heavy atom. The Hall–Kier alpha value is -2.68. The number of alkyl halides is 3. The number of aromatic hydroxyl groups is 1. The Bertz CT molecular complexity index is 815. The topological polar surface area (TPSA) is 78.8 Å². The quantitative estimate of drug-likeness (QED) is 0.479. The zero-order valence-electron chi connectivity index (χ0n) is 12.9. The third-order valence-electron chi connectivity index (χ3n) is 3.23. The van der Waals surface area contributed by atoms with Crippen molar-refractivity contribution < 1.29 is 27.9 Å². The van der Waals surface area contributed by atoms with Gasteiger partial charge in [0.15, 0.2) is 5.78 Å². The number of phenols is 1. The number of ketones is 1. The van der Waals surface area contributed by atoms with Crippen LogP contribution in [0.15, 0.2) is 40.8 Å². The fourth-order valence-electron chi connectivity index (χ4n) is 1.90. The van der Waals surface area contributed by atoms with Crippen LogP contribution in [0.3, 0.4) is 0 Å². The molecule has 0 aliphatic heterocycles. The number of nitrogens with one attached hydrogen (secondary N) is 1. The van der Waals surface area contributed by atoms with Crippen molar-refractivity contribution in [2.45, 2.75) is 19.5 Å². The van der Waals surface area contributed by atoms with E-state index in [9.17, 15) is 27.9 Å². The lowest BCUT2D eigenvalue weighted by Crippen LogP contribution is -2.30. The van der Waals surface area contributed by atoms with Crippen LogP contribution < -0.4 is 5.43 Å². The molecule has 0 saturated heterocycles. The Morgan fingerprint density at radius 2 is 1.96 bits per heavy atom. The van der Waals surface area contributed by atoms with Crippen molar-refractivity contribution in [1.29, 1.82) is 0 Å². The molecule has 1 amide bonds. The maximum Gasteiger partial charge on any atom is 0.431 e. The van der Waals surface area contributed by atoms with Gasteiger partial charge in [0.05, 0.1) is 16.9 Å². The summed E-state index contributed by atoms with van der Waals surface area (Å²) in [6.07, 6.45) is -5.88. The molecule has 9 heteroatoms. The highest BCUT2D eigenvalue weighted by Gasteiger charge is 2.37. The molecule has 5 nitrogen and oxygen atoms in total. The summed E-state index contributed by atoms with van der Waals surface area (Å²) >= 11 is 1.02. The minimum absolute atomic E-state index is 0.166. The molecule has 1 aromatic heterocycles. The van der Waals surface area contributed by atoms with Crippen LogP contribution in [-0.2, 0) is 0 Å². The van der Waals surface area contributed by atoms with E-state index in [0.29, 0.717) is 5.56 Å². The van der Waals surface area contributed by atoms with Crippen LogP contribution in [0.5, 0.6) is 5.75 Å². The molecule has 0 atom stereocenters. The van der Waals surface area contributed by atoms with E-state index in [1.165, 1.54) is 31.2 Å². The number of carbonyl (C=O) groups is 2. The fraction of sp³-hybridized carbons (Fsp3) is 0.188. The lowest BCUT2D eigenvalue weighted by Gasteiger charge is -2.10. The van der Waals surface area contributed by atoms with Gasteiger partial charge in [0.1, 0.15) is 11.5 Å². The smallest absolute Gasteiger partial charge is 0.431 e. The van der Waals surface area contributed by atoms with Gasteiger partial charge in [0.2, 0.25) is 0 Å². The van der Waals surface area contributed by atoms with Gasteiger partial charge in [-0.1, -0.05) is 18.2 Å². The minimum atomic E-state index is -4.88. The minimum Gasteiger partial charge on any atom is -0.507 e. The summed E-state index contributed by atoms with van der Waals surface area (Å²) in [6.45, 7) is 1.54. The average Bonchev–Trinajstić information content (AvgIpc) is 3.07. The number of rotatable bonds is 5. The maximum atomic E-state index is 13.0. The van der Waals surface area contributed by atoms with Gasteiger partial charge in [-0.25, -0.2) is 5.43 Å². The molecule has 2 N–H and O–H groups in total. The SMILES string of the molecule is Cc1cccc(C(=O)N/N=C(/CC(=O)c2cccs2)C(F)(F)F)c1O. The van der Waals surface area contributed by atoms with Gasteiger partial charge in [-0.3, -0.25) is 9.59 Å². The third kappa shape index (κ3) is 4.66. The number of carbonyl (C=O) groups excluding carboxylic acids is 2. The summed E-state index contributed by atoms with van der Waals surface area (Å²) in [5.74, 6) is -2.11. The molecular formula is C16H13F3N2O3S. The molecule has 2 rings (SSSR count). The van der Waals surface area contributed by atoms with Gasteiger partial charge < -0.3 is 5.11 Å². The Morgan fingerprint density at radius 1 is 1.24 bits per heavy atom. The summed E-state index contributed by atoms with van der Waals surface area (Å²) in [6, 6.07) is 7.21. The summed E-state index contributed by atoms with van der Waals surface area (Å²) < 4.78 is 39.1. The van der Waals surface area contributed by atoms with E-state index in [1.807, 2.05) is 0 Å². The molecule has 0 aliphatic rings. The van der Waals surface area contributed by atoms with Gasteiger partial charge in [-0.05, 0) is 30.0 Å². The van der Waals surface area contributed by atoms with E-state index in [0.717, 1.165) is 11.3 Å². The molecule has 2 aromatic rings. The van der Waals surface area contributed by atoms with Crippen molar-refractivity contribution >= 4 is 28.7 Å². The summed E-state index contributed by atoms with van der Waals surface area (Å²) in [5.41, 5.74) is 0.496. The molecule has 1 heterocycles. The fourth-order valence-corrected chi connectivity index (χ4v) is 2.56. The Kier molecular flexibility index (Phi) is 5.58. The Balaban J connectivity index is 2.19. The number of hydrazone groups is 1. The van der Waals surface area contributed by atoms with Gasteiger partial charge in [-0.2, -0.15) is 18.3 Å².